The van der Waals surface area contributed by atoms with Crippen LogP contribution in [0.3, 0.4) is 0 Å². The number of unbranched alkanes of at least 4 members (excludes halogenated alkanes) is 1. The number of carbonyl (C=O) groups is 2. The average Bonchev–Trinajstić information content (AvgIpc) is 2.48. The van der Waals surface area contributed by atoms with Crippen LogP contribution in [0.5, 0.6) is 0 Å². The lowest BCUT2D eigenvalue weighted by Gasteiger charge is -2.24. The number of aliphatic hydroxyl groups is 1. The van der Waals surface area contributed by atoms with Crippen LogP contribution < -0.4 is 11.1 Å². The van der Waals surface area contributed by atoms with Crippen LogP contribution in [0.4, 0.5) is 0 Å². The SMILES string of the molecule is CCCC[C@@H](N)C(O)C(=O)N[C@@H](C)C(=O)N(C)CCOC. The molecule has 124 valence electrons. The Morgan fingerprint density at radius 3 is 2.57 bits per heavy atom. The van der Waals surface area contributed by atoms with Gasteiger partial charge in [-0.25, -0.2) is 0 Å². The van der Waals surface area contributed by atoms with Crippen LogP contribution in [-0.2, 0) is 14.3 Å². The number of nitrogens with one attached hydrogen (secondary N) is 1. The van der Waals surface area contributed by atoms with E-state index in [1.54, 1.807) is 21.1 Å². The molecule has 0 spiro atoms. The fourth-order valence-electron chi connectivity index (χ4n) is 1.82. The Morgan fingerprint density at radius 1 is 1.43 bits per heavy atom. The fourth-order valence-corrected chi connectivity index (χ4v) is 1.82. The summed E-state index contributed by atoms with van der Waals surface area (Å²) < 4.78 is 4.89. The van der Waals surface area contributed by atoms with Gasteiger partial charge in [0.25, 0.3) is 5.91 Å². The molecule has 0 radical (unpaired) electrons. The van der Waals surface area contributed by atoms with E-state index in [1.165, 1.54) is 4.90 Å². The van der Waals surface area contributed by atoms with E-state index in [2.05, 4.69) is 5.32 Å². The number of hydrogen-bond acceptors (Lipinski definition) is 5. The number of ether oxygens (including phenoxy) is 1. The molecular weight excluding hydrogens is 274 g/mol. The predicted octanol–water partition coefficient (Wildman–Crippen LogP) is -0.526. The van der Waals surface area contributed by atoms with Crippen molar-refractivity contribution in [3.63, 3.8) is 0 Å². The van der Waals surface area contributed by atoms with Gasteiger partial charge in [-0.3, -0.25) is 9.59 Å². The molecule has 0 saturated heterocycles. The lowest BCUT2D eigenvalue weighted by molar-refractivity contribution is -0.138. The van der Waals surface area contributed by atoms with E-state index in [-0.39, 0.29) is 5.91 Å². The molecule has 0 aromatic heterocycles. The second-order valence-electron chi connectivity index (χ2n) is 5.23. The first kappa shape index (κ1) is 19.8. The van der Waals surface area contributed by atoms with Gasteiger partial charge >= 0.3 is 0 Å². The van der Waals surface area contributed by atoms with Gasteiger partial charge in [0.15, 0.2) is 0 Å². The zero-order valence-electron chi connectivity index (χ0n) is 13.5. The quantitative estimate of drug-likeness (QED) is 0.503. The lowest BCUT2D eigenvalue weighted by atomic mass is 10.0. The summed E-state index contributed by atoms with van der Waals surface area (Å²) in [5.41, 5.74) is 5.76. The van der Waals surface area contributed by atoms with Crippen molar-refractivity contribution in [3.8, 4) is 0 Å². The highest BCUT2D eigenvalue weighted by molar-refractivity contribution is 5.89. The fraction of sp³-hybridized carbons (Fsp3) is 0.857. The molecule has 0 bridgehead atoms. The Bertz CT molecular complexity index is 325. The Labute approximate surface area is 126 Å². The molecule has 0 saturated carbocycles. The van der Waals surface area contributed by atoms with Gasteiger partial charge in [0.1, 0.15) is 12.1 Å². The van der Waals surface area contributed by atoms with Gasteiger partial charge in [0.05, 0.1) is 6.61 Å². The van der Waals surface area contributed by atoms with Crippen LogP contribution >= 0.6 is 0 Å². The number of likely N-dealkylation sites (N-methyl/N-ethyl adjacent to an activating group) is 1. The molecule has 0 rings (SSSR count). The van der Waals surface area contributed by atoms with E-state index in [9.17, 15) is 14.7 Å². The monoisotopic (exact) mass is 303 g/mol. The van der Waals surface area contributed by atoms with Crippen LogP contribution in [0.25, 0.3) is 0 Å². The standard InChI is InChI=1S/C14H29N3O4/c1-5-6-7-11(15)12(18)13(19)16-10(2)14(20)17(3)8-9-21-4/h10-12,18H,5-9,15H2,1-4H3,(H,16,19)/t10-,11+,12?/m0/s1. The van der Waals surface area contributed by atoms with E-state index >= 15 is 0 Å². The summed E-state index contributed by atoms with van der Waals surface area (Å²) in [5, 5.41) is 12.3. The molecule has 0 fully saturated rings. The van der Waals surface area contributed by atoms with Gasteiger partial charge in [0.2, 0.25) is 5.91 Å². The molecule has 7 heteroatoms. The maximum Gasteiger partial charge on any atom is 0.251 e. The Morgan fingerprint density at radius 2 is 2.05 bits per heavy atom. The van der Waals surface area contributed by atoms with Crippen molar-refractivity contribution in [3.05, 3.63) is 0 Å². The Hall–Kier alpha value is -1.18. The van der Waals surface area contributed by atoms with Crippen LogP contribution in [-0.4, -0.2) is 67.3 Å². The highest BCUT2D eigenvalue weighted by Gasteiger charge is 2.26. The second-order valence-corrected chi connectivity index (χ2v) is 5.23. The first-order valence-electron chi connectivity index (χ1n) is 7.33. The molecule has 2 amide bonds. The molecular formula is C14H29N3O4. The number of amides is 2. The van der Waals surface area contributed by atoms with E-state index in [0.29, 0.717) is 19.6 Å². The van der Waals surface area contributed by atoms with Crippen molar-refractivity contribution in [2.45, 2.75) is 51.3 Å². The number of aliphatic hydroxyl groups excluding tert-OH is 1. The topological polar surface area (TPSA) is 105 Å². The van der Waals surface area contributed by atoms with Crippen molar-refractivity contribution in [2.75, 3.05) is 27.3 Å². The van der Waals surface area contributed by atoms with Gasteiger partial charge in [-0.05, 0) is 13.3 Å². The van der Waals surface area contributed by atoms with Crippen molar-refractivity contribution in [1.29, 1.82) is 0 Å². The number of carbonyl (C=O) groups excluding carboxylic acids is 2. The van der Waals surface area contributed by atoms with E-state index in [0.717, 1.165) is 12.8 Å². The number of hydrogen-bond donors (Lipinski definition) is 3. The van der Waals surface area contributed by atoms with Crippen molar-refractivity contribution in [1.82, 2.24) is 10.2 Å². The zero-order chi connectivity index (χ0) is 16.4. The summed E-state index contributed by atoms with van der Waals surface area (Å²) in [4.78, 5) is 25.3. The van der Waals surface area contributed by atoms with Crippen molar-refractivity contribution < 1.29 is 19.4 Å². The first-order valence-corrected chi connectivity index (χ1v) is 7.33. The molecule has 0 aliphatic heterocycles. The second kappa shape index (κ2) is 10.5. The summed E-state index contributed by atoms with van der Waals surface area (Å²) in [6, 6.07) is -1.33. The first-order chi connectivity index (χ1) is 9.84. The van der Waals surface area contributed by atoms with Crippen molar-refractivity contribution >= 4 is 11.8 Å². The largest absolute Gasteiger partial charge is 0.383 e. The maximum atomic E-state index is 12.0. The minimum absolute atomic E-state index is 0.241. The van der Waals surface area contributed by atoms with Crippen LogP contribution in [0.15, 0.2) is 0 Å². The molecule has 1 unspecified atom stereocenters. The predicted molar refractivity (Wildman–Crippen MR) is 80.6 cm³/mol. The molecule has 0 heterocycles. The minimum Gasteiger partial charge on any atom is -0.383 e. The van der Waals surface area contributed by atoms with Gasteiger partial charge < -0.3 is 25.8 Å². The minimum atomic E-state index is -1.30. The molecule has 21 heavy (non-hydrogen) atoms. The van der Waals surface area contributed by atoms with Gasteiger partial charge in [-0.2, -0.15) is 0 Å². The Kier molecular flexibility index (Phi) is 9.94. The third-order valence-electron chi connectivity index (χ3n) is 3.30. The number of nitrogens with two attached hydrogens (primary N) is 1. The van der Waals surface area contributed by atoms with Crippen molar-refractivity contribution in [2.24, 2.45) is 5.73 Å². The number of rotatable bonds is 10. The van der Waals surface area contributed by atoms with E-state index in [1.807, 2.05) is 6.92 Å². The molecule has 0 aromatic rings. The van der Waals surface area contributed by atoms with Crippen LogP contribution in [0.1, 0.15) is 33.1 Å². The van der Waals surface area contributed by atoms with Gasteiger partial charge in [-0.1, -0.05) is 19.8 Å². The van der Waals surface area contributed by atoms with Crippen LogP contribution in [0, 0.1) is 0 Å². The summed E-state index contributed by atoms with van der Waals surface area (Å²) >= 11 is 0. The normalized spacial score (nSPS) is 15.1. The number of methoxy groups -OCH3 is 1. The van der Waals surface area contributed by atoms with Crippen LogP contribution in [0.2, 0.25) is 0 Å². The van der Waals surface area contributed by atoms with Gasteiger partial charge in [0, 0.05) is 26.7 Å². The summed E-state index contributed by atoms with van der Waals surface area (Å²) in [5.74, 6) is -0.852. The summed E-state index contributed by atoms with van der Waals surface area (Å²) in [7, 11) is 3.19. The smallest absolute Gasteiger partial charge is 0.251 e. The third kappa shape index (κ3) is 7.40. The summed E-state index contributed by atoms with van der Waals surface area (Å²) in [6.45, 7) is 4.45. The van der Waals surface area contributed by atoms with E-state index < -0.39 is 24.1 Å². The maximum absolute atomic E-state index is 12.0. The molecule has 7 nitrogen and oxygen atoms in total. The molecule has 4 N–H and O–H groups in total. The van der Waals surface area contributed by atoms with E-state index in [4.69, 9.17) is 10.5 Å². The highest BCUT2D eigenvalue weighted by atomic mass is 16.5. The zero-order valence-corrected chi connectivity index (χ0v) is 13.5. The molecule has 0 aromatic carbocycles. The third-order valence-corrected chi connectivity index (χ3v) is 3.30. The average molecular weight is 303 g/mol. The lowest BCUT2D eigenvalue weighted by Crippen LogP contribution is -2.52. The molecule has 3 atom stereocenters. The number of nitrogens with zero attached hydrogens (tertiary/aromatic N) is 1. The molecule has 0 aliphatic carbocycles. The molecule has 0 aliphatic rings. The Balaban J connectivity index is 4.32. The summed E-state index contributed by atoms with van der Waals surface area (Å²) in [6.07, 6.45) is 1.07. The highest BCUT2D eigenvalue weighted by Crippen LogP contribution is 2.03. The van der Waals surface area contributed by atoms with Gasteiger partial charge in [-0.15, -0.1) is 0 Å².